The molecule has 0 radical (unpaired) electrons. The van der Waals surface area contributed by atoms with Crippen LogP contribution >= 0.6 is 11.6 Å². The molecule has 1 atom stereocenters. The van der Waals surface area contributed by atoms with Gasteiger partial charge in [0.05, 0.1) is 17.4 Å². The summed E-state index contributed by atoms with van der Waals surface area (Å²) in [5.74, 6) is -0.510. The average Bonchev–Trinajstić information content (AvgIpc) is 2.35. The van der Waals surface area contributed by atoms with Crippen molar-refractivity contribution in [3.63, 3.8) is 0 Å². The molecule has 0 spiro atoms. The fourth-order valence-corrected chi connectivity index (χ4v) is 2.01. The van der Waals surface area contributed by atoms with Gasteiger partial charge in [-0.1, -0.05) is 11.6 Å². The highest BCUT2D eigenvalue weighted by Crippen LogP contribution is 2.19. The van der Waals surface area contributed by atoms with Crippen molar-refractivity contribution >= 4 is 29.1 Å². The largest absolute Gasteiger partial charge is 0.397 e. The van der Waals surface area contributed by atoms with Crippen LogP contribution in [0.3, 0.4) is 0 Å². The van der Waals surface area contributed by atoms with Gasteiger partial charge in [0.2, 0.25) is 5.91 Å². The Morgan fingerprint density at radius 2 is 2.39 bits per heavy atom. The second kappa shape index (κ2) is 4.81. The molecule has 0 aliphatic carbocycles. The molecule has 7 heteroatoms. The van der Waals surface area contributed by atoms with Crippen LogP contribution in [-0.2, 0) is 4.79 Å². The molecule has 1 aromatic heterocycles. The normalized spacial score (nSPS) is 19.6. The van der Waals surface area contributed by atoms with Crippen molar-refractivity contribution in [2.75, 3.05) is 18.8 Å². The van der Waals surface area contributed by atoms with E-state index in [-0.39, 0.29) is 22.5 Å². The highest BCUT2D eigenvalue weighted by molar-refractivity contribution is 6.32. The molecule has 1 aromatic rings. The third-order valence-electron chi connectivity index (χ3n) is 2.85. The van der Waals surface area contributed by atoms with Gasteiger partial charge in [-0.3, -0.25) is 9.59 Å². The molecule has 6 nitrogen and oxygen atoms in total. The molecular weight excluding hydrogens is 256 g/mol. The van der Waals surface area contributed by atoms with E-state index in [2.05, 4.69) is 10.3 Å². The number of anilines is 1. The molecule has 2 heterocycles. The Morgan fingerprint density at radius 3 is 3.11 bits per heavy atom. The fraction of sp³-hybridized carbons (Fsp3) is 0.364. The highest BCUT2D eigenvalue weighted by atomic mass is 35.5. The minimum atomic E-state index is -0.524. The first kappa shape index (κ1) is 12.6. The van der Waals surface area contributed by atoms with Gasteiger partial charge in [0, 0.05) is 13.1 Å². The molecule has 1 unspecified atom stereocenters. The number of nitrogens with one attached hydrogen (secondary N) is 1. The smallest absolute Gasteiger partial charge is 0.257 e. The summed E-state index contributed by atoms with van der Waals surface area (Å²) in [7, 11) is 0. The zero-order valence-corrected chi connectivity index (χ0v) is 10.6. The summed E-state index contributed by atoms with van der Waals surface area (Å²) in [5, 5.41) is 2.78. The molecule has 18 heavy (non-hydrogen) atoms. The number of nitrogens with zero attached hydrogens (tertiary/aromatic N) is 2. The van der Waals surface area contributed by atoms with Crippen LogP contribution in [0.15, 0.2) is 12.3 Å². The summed E-state index contributed by atoms with van der Waals surface area (Å²) in [4.78, 5) is 29.1. The van der Waals surface area contributed by atoms with E-state index in [0.717, 1.165) is 0 Å². The fourth-order valence-electron chi connectivity index (χ4n) is 1.83. The van der Waals surface area contributed by atoms with Crippen LogP contribution in [0.25, 0.3) is 0 Å². The van der Waals surface area contributed by atoms with Crippen LogP contribution < -0.4 is 11.1 Å². The lowest BCUT2D eigenvalue weighted by atomic mass is 10.1. The van der Waals surface area contributed by atoms with Gasteiger partial charge >= 0.3 is 0 Å². The lowest BCUT2D eigenvalue weighted by Gasteiger charge is -2.32. The first-order chi connectivity index (χ1) is 8.50. The number of rotatable bonds is 1. The predicted octanol–water partition coefficient (Wildman–Crippen LogP) is 0.278. The van der Waals surface area contributed by atoms with Gasteiger partial charge < -0.3 is 16.0 Å². The molecule has 0 saturated carbocycles. The molecule has 2 rings (SSSR count). The molecule has 1 fully saturated rings. The van der Waals surface area contributed by atoms with Crippen molar-refractivity contribution in [3.05, 3.63) is 23.0 Å². The van der Waals surface area contributed by atoms with E-state index in [0.29, 0.717) is 18.8 Å². The van der Waals surface area contributed by atoms with Crippen LogP contribution in [0.5, 0.6) is 0 Å². The monoisotopic (exact) mass is 268 g/mol. The maximum absolute atomic E-state index is 12.3. The van der Waals surface area contributed by atoms with Crippen LogP contribution in [-0.4, -0.2) is 40.8 Å². The summed E-state index contributed by atoms with van der Waals surface area (Å²) in [5.41, 5.74) is 6.16. The zero-order chi connectivity index (χ0) is 13.3. The Labute approximate surface area is 109 Å². The molecule has 0 aromatic carbocycles. The zero-order valence-electron chi connectivity index (χ0n) is 9.81. The van der Waals surface area contributed by atoms with E-state index in [4.69, 9.17) is 17.3 Å². The van der Waals surface area contributed by atoms with Crippen LogP contribution in [0.4, 0.5) is 5.69 Å². The second-order valence-electron chi connectivity index (χ2n) is 4.07. The molecule has 96 valence electrons. The Balaban J connectivity index is 2.30. The number of nitrogen functional groups attached to an aromatic ring is 1. The van der Waals surface area contributed by atoms with E-state index < -0.39 is 6.04 Å². The average molecular weight is 269 g/mol. The van der Waals surface area contributed by atoms with Crippen molar-refractivity contribution in [1.29, 1.82) is 0 Å². The first-order valence-electron chi connectivity index (χ1n) is 5.50. The van der Waals surface area contributed by atoms with Gasteiger partial charge in [0.15, 0.2) is 0 Å². The lowest BCUT2D eigenvalue weighted by Crippen LogP contribution is -2.55. The number of hydrogen-bond acceptors (Lipinski definition) is 4. The SMILES string of the molecule is CC1C(=O)NCCN1C(=O)c1cc(N)cnc1Cl. The van der Waals surface area contributed by atoms with Crippen molar-refractivity contribution in [1.82, 2.24) is 15.2 Å². The topological polar surface area (TPSA) is 88.3 Å². The molecule has 3 N–H and O–H groups in total. The van der Waals surface area contributed by atoms with Crippen LogP contribution in [0.2, 0.25) is 5.15 Å². The standard InChI is InChI=1S/C11H13ClN4O2/c1-6-10(17)14-2-3-16(6)11(18)8-4-7(13)5-15-9(8)12/h4-6H,2-3,13H2,1H3,(H,14,17). The van der Waals surface area contributed by atoms with Gasteiger partial charge in [-0.05, 0) is 13.0 Å². The van der Waals surface area contributed by atoms with E-state index in [1.54, 1.807) is 6.92 Å². The maximum atomic E-state index is 12.3. The third kappa shape index (κ3) is 2.24. The van der Waals surface area contributed by atoms with Crippen molar-refractivity contribution < 1.29 is 9.59 Å². The molecule has 1 aliphatic heterocycles. The third-order valence-corrected chi connectivity index (χ3v) is 3.15. The van der Waals surface area contributed by atoms with E-state index in [1.165, 1.54) is 17.2 Å². The summed E-state index contributed by atoms with van der Waals surface area (Å²) in [6.45, 7) is 2.54. The number of nitrogens with two attached hydrogens (primary N) is 1. The Morgan fingerprint density at radius 1 is 1.67 bits per heavy atom. The molecule has 1 saturated heterocycles. The number of hydrogen-bond donors (Lipinski definition) is 2. The predicted molar refractivity (Wildman–Crippen MR) is 67.2 cm³/mol. The maximum Gasteiger partial charge on any atom is 0.257 e. The van der Waals surface area contributed by atoms with E-state index in [1.807, 2.05) is 0 Å². The quantitative estimate of drug-likeness (QED) is 0.716. The van der Waals surface area contributed by atoms with Crippen molar-refractivity contribution in [2.45, 2.75) is 13.0 Å². The summed E-state index contributed by atoms with van der Waals surface area (Å²) in [6.07, 6.45) is 1.38. The van der Waals surface area contributed by atoms with Crippen molar-refractivity contribution in [3.8, 4) is 0 Å². The number of halogens is 1. The van der Waals surface area contributed by atoms with Crippen LogP contribution in [0.1, 0.15) is 17.3 Å². The van der Waals surface area contributed by atoms with Gasteiger partial charge in [0.1, 0.15) is 11.2 Å². The minimum Gasteiger partial charge on any atom is -0.397 e. The first-order valence-corrected chi connectivity index (χ1v) is 5.88. The van der Waals surface area contributed by atoms with Gasteiger partial charge in [-0.25, -0.2) is 4.98 Å². The number of pyridine rings is 1. The molecule has 2 amide bonds. The summed E-state index contributed by atoms with van der Waals surface area (Å²) >= 11 is 5.88. The Bertz CT molecular complexity index is 506. The number of carbonyl (C=O) groups excluding carboxylic acids is 2. The molecule has 0 bridgehead atoms. The number of carbonyl (C=O) groups is 2. The van der Waals surface area contributed by atoms with Gasteiger partial charge in [-0.2, -0.15) is 0 Å². The molecule has 1 aliphatic rings. The highest BCUT2D eigenvalue weighted by Gasteiger charge is 2.31. The number of piperazine rings is 1. The summed E-state index contributed by atoms with van der Waals surface area (Å²) < 4.78 is 0. The second-order valence-corrected chi connectivity index (χ2v) is 4.43. The Hall–Kier alpha value is -1.82. The number of amides is 2. The summed E-state index contributed by atoms with van der Waals surface area (Å²) in [6, 6.07) is 0.945. The van der Waals surface area contributed by atoms with Gasteiger partial charge in [0.25, 0.3) is 5.91 Å². The lowest BCUT2D eigenvalue weighted by molar-refractivity contribution is -0.127. The Kier molecular flexibility index (Phi) is 3.38. The minimum absolute atomic E-state index is 0.0902. The van der Waals surface area contributed by atoms with Crippen molar-refractivity contribution in [2.24, 2.45) is 0 Å². The van der Waals surface area contributed by atoms with Crippen LogP contribution in [0, 0.1) is 0 Å². The van der Waals surface area contributed by atoms with Gasteiger partial charge in [-0.15, -0.1) is 0 Å². The number of aromatic nitrogens is 1. The molecular formula is C11H13ClN4O2. The van der Waals surface area contributed by atoms with E-state index >= 15 is 0 Å². The van der Waals surface area contributed by atoms with E-state index in [9.17, 15) is 9.59 Å².